The van der Waals surface area contributed by atoms with E-state index in [1.54, 1.807) is 12.1 Å². The molecule has 6 nitrogen and oxygen atoms in total. The number of nitrogens with one attached hydrogen (secondary N) is 1. The van der Waals surface area contributed by atoms with Crippen LogP contribution in [0.3, 0.4) is 0 Å². The predicted octanol–water partition coefficient (Wildman–Crippen LogP) is 4.33. The SMILES string of the molecule is O=C(NCc1ccc(F)cc1)[C@H]1CCCN(Cc2cnn(-c3ccccc3)c2-n2cccc2)C1. The number of halogens is 1. The van der Waals surface area contributed by atoms with Gasteiger partial charge in [0.05, 0.1) is 17.8 Å². The molecular weight excluding hydrogens is 429 g/mol. The summed E-state index contributed by atoms with van der Waals surface area (Å²) < 4.78 is 17.2. The molecule has 1 aliphatic heterocycles. The highest BCUT2D eigenvalue weighted by Gasteiger charge is 2.27. The second-order valence-corrected chi connectivity index (χ2v) is 8.75. The quantitative estimate of drug-likeness (QED) is 0.449. The minimum absolute atomic E-state index is 0.0552. The summed E-state index contributed by atoms with van der Waals surface area (Å²) in [6, 6.07) is 20.4. The Morgan fingerprint density at radius 2 is 1.79 bits per heavy atom. The van der Waals surface area contributed by atoms with E-state index in [1.165, 1.54) is 12.1 Å². The van der Waals surface area contributed by atoms with Gasteiger partial charge in [0.1, 0.15) is 11.6 Å². The molecule has 2 aromatic heterocycles. The zero-order valence-electron chi connectivity index (χ0n) is 19.0. The molecule has 0 radical (unpaired) electrons. The smallest absolute Gasteiger partial charge is 0.224 e. The molecule has 3 heterocycles. The summed E-state index contributed by atoms with van der Waals surface area (Å²) in [5, 5.41) is 7.72. The Morgan fingerprint density at radius 3 is 2.56 bits per heavy atom. The molecule has 1 fully saturated rings. The fraction of sp³-hybridized carbons (Fsp3) is 0.259. The standard InChI is InChI=1S/C27H28FN5O/c28-24-12-10-21(11-13-24)17-29-26(34)22-7-6-14-31(19-22)20-23-18-30-33(25-8-2-1-3-9-25)27(23)32-15-4-5-16-32/h1-5,8-13,15-16,18,22H,6-7,14,17,19-20H2,(H,29,34)/t22-/m0/s1. The molecule has 1 amide bonds. The molecule has 2 aromatic carbocycles. The largest absolute Gasteiger partial charge is 0.352 e. The third-order valence-electron chi connectivity index (χ3n) is 6.32. The predicted molar refractivity (Wildman–Crippen MR) is 129 cm³/mol. The first kappa shape index (κ1) is 22.1. The van der Waals surface area contributed by atoms with Crippen LogP contribution in [-0.2, 0) is 17.9 Å². The first-order chi connectivity index (χ1) is 16.7. The average Bonchev–Trinajstić information content (AvgIpc) is 3.54. The first-order valence-corrected chi connectivity index (χ1v) is 11.7. The van der Waals surface area contributed by atoms with Crippen molar-refractivity contribution in [3.63, 3.8) is 0 Å². The molecule has 1 aliphatic rings. The maximum Gasteiger partial charge on any atom is 0.224 e. The average molecular weight is 458 g/mol. The van der Waals surface area contributed by atoms with Gasteiger partial charge in [0.15, 0.2) is 0 Å². The Morgan fingerprint density at radius 1 is 1.03 bits per heavy atom. The summed E-state index contributed by atoms with van der Waals surface area (Å²) in [4.78, 5) is 15.2. The number of nitrogens with zero attached hydrogens (tertiary/aromatic N) is 4. The van der Waals surface area contributed by atoms with E-state index in [1.807, 2.05) is 65.7 Å². The summed E-state index contributed by atoms with van der Waals surface area (Å²) in [7, 11) is 0. The number of piperidine rings is 1. The molecule has 4 aromatic rings. The summed E-state index contributed by atoms with van der Waals surface area (Å²) in [5.74, 6) is 0.736. The molecule has 34 heavy (non-hydrogen) atoms. The molecule has 1 atom stereocenters. The lowest BCUT2D eigenvalue weighted by atomic mass is 9.96. The normalized spacial score (nSPS) is 16.4. The second kappa shape index (κ2) is 10.1. The second-order valence-electron chi connectivity index (χ2n) is 8.75. The topological polar surface area (TPSA) is 55.1 Å². The zero-order chi connectivity index (χ0) is 23.3. The van der Waals surface area contributed by atoms with Crippen molar-refractivity contribution in [2.24, 2.45) is 5.92 Å². The molecule has 0 unspecified atom stereocenters. The van der Waals surface area contributed by atoms with Crippen molar-refractivity contribution in [1.82, 2.24) is 24.6 Å². The third kappa shape index (κ3) is 4.94. The number of carbonyl (C=O) groups excluding carboxylic acids is 1. The van der Waals surface area contributed by atoms with Crippen molar-refractivity contribution in [3.05, 3.63) is 102 Å². The molecule has 5 rings (SSSR count). The van der Waals surface area contributed by atoms with E-state index in [-0.39, 0.29) is 17.6 Å². The fourth-order valence-corrected chi connectivity index (χ4v) is 4.59. The van der Waals surface area contributed by atoms with Gasteiger partial charge in [-0.1, -0.05) is 30.3 Å². The maximum absolute atomic E-state index is 13.1. The molecule has 0 spiro atoms. The van der Waals surface area contributed by atoms with Gasteiger partial charge in [0.2, 0.25) is 5.91 Å². The number of likely N-dealkylation sites (tertiary alicyclic amines) is 1. The number of hydrogen-bond acceptors (Lipinski definition) is 3. The molecule has 7 heteroatoms. The number of aromatic nitrogens is 3. The van der Waals surface area contributed by atoms with Gasteiger partial charge in [-0.25, -0.2) is 9.07 Å². The summed E-state index contributed by atoms with van der Waals surface area (Å²) >= 11 is 0. The summed E-state index contributed by atoms with van der Waals surface area (Å²) in [6.45, 7) is 2.79. The van der Waals surface area contributed by atoms with Crippen molar-refractivity contribution >= 4 is 5.91 Å². The Balaban J connectivity index is 1.28. The number of para-hydroxylation sites is 1. The van der Waals surface area contributed by atoms with Crippen molar-refractivity contribution < 1.29 is 9.18 Å². The maximum atomic E-state index is 13.1. The lowest BCUT2D eigenvalue weighted by Crippen LogP contribution is -2.42. The van der Waals surface area contributed by atoms with Gasteiger partial charge in [0.25, 0.3) is 0 Å². The van der Waals surface area contributed by atoms with Gasteiger partial charge < -0.3 is 9.88 Å². The van der Waals surface area contributed by atoms with Gasteiger partial charge in [-0.05, 0) is 61.3 Å². The highest BCUT2D eigenvalue weighted by molar-refractivity contribution is 5.79. The third-order valence-corrected chi connectivity index (χ3v) is 6.32. The van der Waals surface area contributed by atoms with Gasteiger partial charge in [0, 0.05) is 37.6 Å². The lowest BCUT2D eigenvalue weighted by Gasteiger charge is -2.32. The van der Waals surface area contributed by atoms with Crippen LogP contribution in [0.15, 0.2) is 85.3 Å². The van der Waals surface area contributed by atoms with Gasteiger partial charge in [-0.15, -0.1) is 0 Å². The first-order valence-electron chi connectivity index (χ1n) is 11.7. The van der Waals surface area contributed by atoms with Gasteiger partial charge in [-0.2, -0.15) is 5.10 Å². The van der Waals surface area contributed by atoms with Crippen LogP contribution in [0.2, 0.25) is 0 Å². The van der Waals surface area contributed by atoms with Crippen molar-refractivity contribution in [3.8, 4) is 11.5 Å². The van der Waals surface area contributed by atoms with Crippen LogP contribution in [0.5, 0.6) is 0 Å². The molecule has 0 aliphatic carbocycles. The van der Waals surface area contributed by atoms with Crippen LogP contribution < -0.4 is 5.32 Å². The van der Waals surface area contributed by atoms with Crippen molar-refractivity contribution in [1.29, 1.82) is 0 Å². The minimum Gasteiger partial charge on any atom is -0.352 e. The van der Waals surface area contributed by atoms with E-state index in [0.29, 0.717) is 13.1 Å². The lowest BCUT2D eigenvalue weighted by molar-refractivity contribution is -0.126. The van der Waals surface area contributed by atoms with Crippen LogP contribution in [0.4, 0.5) is 4.39 Å². The van der Waals surface area contributed by atoms with Crippen molar-refractivity contribution in [2.45, 2.75) is 25.9 Å². The van der Waals surface area contributed by atoms with E-state index in [4.69, 9.17) is 5.10 Å². The number of rotatable bonds is 7. The van der Waals surface area contributed by atoms with Crippen LogP contribution in [0, 0.1) is 11.7 Å². The van der Waals surface area contributed by atoms with Gasteiger partial charge >= 0.3 is 0 Å². The Kier molecular flexibility index (Phi) is 6.53. The van der Waals surface area contributed by atoms with Crippen molar-refractivity contribution in [2.75, 3.05) is 13.1 Å². The van der Waals surface area contributed by atoms with Crippen LogP contribution in [-0.4, -0.2) is 38.2 Å². The monoisotopic (exact) mass is 457 g/mol. The highest BCUT2D eigenvalue weighted by Crippen LogP contribution is 2.24. The number of carbonyl (C=O) groups is 1. The molecule has 0 bridgehead atoms. The van der Waals surface area contributed by atoms with E-state index >= 15 is 0 Å². The number of hydrogen-bond donors (Lipinski definition) is 1. The minimum atomic E-state index is -0.270. The summed E-state index contributed by atoms with van der Waals surface area (Å²) in [6.07, 6.45) is 7.84. The van der Waals surface area contributed by atoms with Crippen LogP contribution in [0.1, 0.15) is 24.0 Å². The molecular formula is C27H28FN5O. The molecule has 1 N–H and O–H groups in total. The van der Waals surface area contributed by atoms with E-state index in [9.17, 15) is 9.18 Å². The Labute approximate surface area is 198 Å². The van der Waals surface area contributed by atoms with Gasteiger partial charge in [-0.3, -0.25) is 9.69 Å². The molecule has 0 saturated carbocycles. The van der Waals surface area contributed by atoms with E-state index in [2.05, 4.69) is 14.8 Å². The van der Waals surface area contributed by atoms with Crippen LogP contribution in [0.25, 0.3) is 11.5 Å². The Hall–Kier alpha value is -3.71. The fourth-order valence-electron chi connectivity index (χ4n) is 4.59. The molecule has 174 valence electrons. The van der Waals surface area contributed by atoms with E-state index < -0.39 is 0 Å². The van der Waals surface area contributed by atoms with E-state index in [0.717, 1.165) is 48.6 Å². The molecule has 1 saturated heterocycles. The Bertz CT molecular complexity index is 1220. The zero-order valence-corrected chi connectivity index (χ0v) is 19.0. The number of amides is 1. The number of benzene rings is 2. The van der Waals surface area contributed by atoms with Crippen LogP contribution >= 0.6 is 0 Å². The highest BCUT2D eigenvalue weighted by atomic mass is 19.1. The summed E-state index contributed by atoms with van der Waals surface area (Å²) in [5.41, 5.74) is 3.02.